The van der Waals surface area contributed by atoms with E-state index in [0.29, 0.717) is 6.04 Å². The monoisotopic (exact) mass is 205 g/mol. The molecule has 0 saturated heterocycles. The molecule has 0 unspecified atom stereocenters. The van der Waals surface area contributed by atoms with Crippen LogP contribution in [0.5, 0.6) is 0 Å². The van der Waals surface area contributed by atoms with Crippen LogP contribution >= 0.6 is 0 Å². The molecule has 1 heteroatoms. The first kappa shape index (κ1) is 12.3. The first-order valence-corrected chi connectivity index (χ1v) is 6.20. The van der Waals surface area contributed by atoms with Gasteiger partial charge in [-0.3, -0.25) is 0 Å². The first-order chi connectivity index (χ1) is 7.40. The molecule has 0 bridgehead atoms. The lowest BCUT2D eigenvalue weighted by atomic mass is 10.1. The van der Waals surface area contributed by atoms with Crippen LogP contribution in [0.15, 0.2) is 24.3 Å². The molecular formula is C14H23N. The summed E-state index contributed by atoms with van der Waals surface area (Å²) in [5, 5.41) is 3.58. The van der Waals surface area contributed by atoms with Crippen molar-refractivity contribution in [3.05, 3.63) is 35.4 Å². The van der Waals surface area contributed by atoms with E-state index in [1.807, 2.05) is 13.8 Å². The molecule has 1 nitrogen and oxygen atoms in total. The van der Waals surface area contributed by atoms with E-state index in [-0.39, 0.29) is 0 Å². The standard InChI is InChI=1S/C12H17N.C2H6/c1-2-7-13-12-8-10-5-3-4-6-11(10)9-12;1-2/h3-6,12-13H,2,7-9H2,1H3;1-2H3. The van der Waals surface area contributed by atoms with E-state index in [4.69, 9.17) is 0 Å². The van der Waals surface area contributed by atoms with E-state index in [9.17, 15) is 0 Å². The molecule has 0 heterocycles. The molecular weight excluding hydrogens is 182 g/mol. The van der Waals surface area contributed by atoms with Gasteiger partial charge in [0.2, 0.25) is 0 Å². The van der Waals surface area contributed by atoms with Crippen molar-refractivity contribution >= 4 is 0 Å². The Balaban J connectivity index is 0.000000531. The Labute approximate surface area is 93.9 Å². The number of nitrogens with one attached hydrogen (secondary N) is 1. The van der Waals surface area contributed by atoms with E-state index in [1.54, 1.807) is 0 Å². The second-order valence-corrected chi connectivity index (χ2v) is 3.83. The summed E-state index contributed by atoms with van der Waals surface area (Å²) in [5.41, 5.74) is 3.08. The van der Waals surface area contributed by atoms with E-state index in [0.717, 1.165) is 6.54 Å². The second kappa shape index (κ2) is 6.62. The van der Waals surface area contributed by atoms with E-state index < -0.39 is 0 Å². The van der Waals surface area contributed by atoms with Gasteiger partial charge in [0.1, 0.15) is 0 Å². The zero-order valence-electron chi connectivity index (χ0n) is 10.2. The van der Waals surface area contributed by atoms with Gasteiger partial charge in [-0.25, -0.2) is 0 Å². The normalized spacial score (nSPS) is 14.3. The summed E-state index contributed by atoms with van der Waals surface area (Å²) in [4.78, 5) is 0. The van der Waals surface area contributed by atoms with Gasteiger partial charge < -0.3 is 5.32 Å². The minimum atomic E-state index is 0.692. The lowest BCUT2D eigenvalue weighted by Crippen LogP contribution is -2.29. The highest BCUT2D eigenvalue weighted by Crippen LogP contribution is 2.21. The minimum absolute atomic E-state index is 0.692. The fraction of sp³-hybridized carbons (Fsp3) is 0.571. The van der Waals surface area contributed by atoms with Crippen molar-refractivity contribution in [2.24, 2.45) is 0 Å². The smallest absolute Gasteiger partial charge is 0.0148 e. The fourth-order valence-corrected chi connectivity index (χ4v) is 2.05. The van der Waals surface area contributed by atoms with Crippen molar-refractivity contribution in [2.45, 2.75) is 46.1 Å². The summed E-state index contributed by atoms with van der Waals surface area (Å²) in [7, 11) is 0. The molecule has 2 rings (SSSR count). The molecule has 1 N–H and O–H groups in total. The molecule has 1 aromatic carbocycles. The van der Waals surface area contributed by atoms with Gasteiger partial charge in [0.25, 0.3) is 0 Å². The van der Waals surface area contributed by atoms with Crippen LogP contribution in [0.3, 0.4) is 0 Å². The molecule has 1 aromatic rings. The maximum atomic E-state index is 3.58. The highest BCUT2D eigenvalue weighted by molar-refractivity contribution is 5.33. The van der Waals surface area contributed by atoms with E-state index in [1.165, 1.54) is 30.4 Å². The van der Waals surface area contributed by atoms with E-state index in [2.05, 4.69) is 36.5 Å². The molecule has 1 aliphatic carbocycles. The van der Waals surface area contributed by atoms with Crippen LogP contribution in [0.4, 0.5) is 0 Å². The summed E-state index contributed by atoms with van der Waals surface area (Å²) >= 11 is 0. The van der Waals surface area contributed by atoms with Crippen molar-refractivity contribution in [3.63, 3.8) is 0 Å². The number of benzene rings is 1. The van der Waals surface area contributed by atoms with Gasteiger partial charge in [0, 0.05) is 6.04 Å². The second-order valence-electron chi connectivity index (χ2n) is 3.83. The first-order valence-electron chi connectivity index (χ1n) is 6.20. The van der Waals surface area contributed by atoms with Crippen molar-refractivity contribution in [3.8, 4) is 0 Å². The van der Waals surface area contributed by atoms with Crippen molar-refractivity contribution in [1.82, 2.24) is 5.32 Å². The lowest BCUT2D eigenvalue weighted by Gasteiger charge is -2.09. The van der Waals surface area contributed by atoms with Gasteiger partial charge in [-0.2, -0.15) is 0 Å². The third-order valence-electron chi connectivity index (χ3n) is 2.73. The van der Waals surface area contributed by atoms with Gasteiger partial charge in [0.05, 0.1) is 0 Å². The van der Waals surface area contributed by atoms with Crippen molar-refractivity contribution in [2.75, 3.05) is 6.54 Å². The SMILES string of the molecule is CC.CCCNC1Cc2ccccc2C1. The molecule has 0 amide bonds. The fourth-order valence-electron chi connectivity index (χ4n) is 2.05. The third kappa shape index (κ3) is 3.35. The summed E-state index contributed by atoms with van der Waals surface area (Å²) in [5.74, 6) is 0. The Morgan fingerprint density at radius 3 is 2.13 bits per heavy atom. The number of rotatable bonds is 3. The molecule has 0 aromatic heterocycles. The minimum Gasteiger partial charge on any atom is -0.313 e. The highest BCUT2D eigenvalue weighted by Gasteiger charge is 2.19. The Kier molecular flexibility index (Phi) is 5.41. The molecule has 0 radical (unpaired) electrons. The topological polar surface area (TPSA) is 12.0 Å². The van der Waals surface area contributed by atoms with Gasteiger partial charge in [-0.05, 0) is 36.9 Å². The Morgan fingerprint density at radius 1 is 1.13 bits per heavy atom. The lowest BCUT2D eigenvalue weighted by molar-refractivity contribution is 0.531. The third-order valence-corrected chi connectivity index (χ3v) is 2.73. The zero-order valence-corrected chi connectivity index (χ0v) is 10.2. The summed E-state index contributed by atoms with van der Waals surface area (Å²) in [6.07, 6.45) is 3.67. The summed E-state index contributed by atoms with van der Waals surface area (Å²) in [6.45, 7) is 7.37. The quantitative estimate of drug-likeness (QED) is 0.799. The van der Waals surface area contributed by atoms with Crippen LogP contribution in [-0.4, -0.2) is 12.6 Å². The number of hydrogen-bond acceptors (Lipinski definition) is 1. The Morgan fingerprint density at radius 2 is 1.67 bits per heavy atom. The Bertz CT molecular complexity index is 255. The highest BCUT2D eigenvalue weighted by atomic mass is 14.9. The Hall–Kier alpha value is -0.820. The van der Waals surface area contributed by atoms with Crippen LogP contribution in [-0.2, 0) is 12.8 Å². The van der Waals surface area contributed by atoms with Crippen LogP contribution < -0.4 is 5.32 Å². The van der Waals surface area contributed by atoms with Gasteiger partial charge in [-0.15, -0.1) is 0 Å². The van der Waals surface area contributed by atoms with Gasteiger partial charge in [-0.1, -0.05) is 45.0 Å². The largest absolute Gasteiger partial charge is 0.313 e. The predicted octanol–water partition coefficient (Wildman–Crippen LogP) is 3.18. The molecule has 0 aliphatic heterocycles. The average Bonchev–Trinajstić information content (AvgIpc) is 2.71. The molecule has 84 valence electrons. The van der Waals surface area contributed by atoms with Crippen LogP contribution in [0.1, 0.15) is 38.3 Å². The molecule has 0 atom stereocenters. The van der Waals surface area contributed by atoms with Crippen LogP contribution in [0.2, 0.25) is 0 Å². The van der Waals surface area contributed by atoms with Crippen molar-refractivity contribution in [1.29, 1.82) is 0 Å². The van der Waals surface area contributed by atoms with Gasteiger partial charge in [0.15, 0.2) is 0 Å². The van der Waals surface area contributed by atoms with E-state index >= 15 is 0 Å². The molecule has 0 fully saturated rings. The van der Waals surface area contributed by atoms with Crippen LogP contribution in [0.25, 0.3) is 0 Å². The molecule has 0 spiro atoms. The zero-order chi connectivity index (χ0) is 11.1. The summed E-state index contributed by atoms with van der Waals surface area (Å²) in [6, 6.07) is 9.48. The molecule has 15 heavy (non-hydrogen) atoms. The number of hydrogen-bond donors (Lipinski definition) is 1. The van der Waals surface area contributed by atoms with Gasteiger partial charge >= 0.3 is 0 Å². The molecule has 1 aliphatic rings. The van der Waals surface area contributed by atoms with Crippen molar-refractivity contribution < 1.29 is 0 Å². The predicted molar refractivity (Wildman–Crippen MR) is 67.3 cm³/mol. The number of fused-ring (bicyclic) bond motifs is 1. The molecule has 0 saturated carbocycles. The maximum absolute atomic E-state index is 3.58. The maximum Gasteiger partial charge on any atom is 0.0148 e. The summed E-state index contributed by atoms with van der Waals surface area (Å²) < 4.78 is 0. The van der Waals surface area contributed by atoms with Crippen LogP contribution in [0, 0.1) is 0 Å². The average molecular weight is 205 g/mol.